The number of hydrogen-bond donors (Lipinski definition) is 1. The van der Waals surface area contributed by atoms with E-state index in [-0.39, 0.29) is 15.6 Å². The molecule has 0 saturated carbocycles. The first-order valence-electron chi connectivity index (χ1n) is 6.62. The summed E-state index contributed by atoms with van der Waals surface area (Å²) in [4.78, 5) is 11.3. The third-order valence-electron chi connectivity index (χ3n) is 3.24. The number of carbonyl (C=O) groups is 1. The van der Waals surface area contributed by atoms with Crippen LogP contribution in [0, 0.1) is 5.82 Å². The minimum Gasteiger partial charge on any atom is -0.480 e. The molecule has 2 aromatic carbocycles. The molecule has 0 aliphatic heterocycles. The molecular formula is C15H12BrClFNO4S. The van der Waals surface area contributed by atoms with E-state index in [2.05, 4.69) is 15.9 Å². The number of hydrogen-bond acceptors (Lipinski definition) is 3. The predicted octanol–water partition coefficient (Wildman–Crippen LogP) is 3.91. The Bertz CT molecular complexity index is 874. The van der Waals surface area contributed by atoms with E-state index in [0.717, 1.165) is 18.2 Å². The predicted molar refractivity (Wildman–Crippen MR) is 92.3 cm³/mol. The number of rotatable bonds is 5. The third-order valence-corrected chi connectivity index (χ3v) is 5.97. The van der Waals surface area contributed by atoms with Gasteiger partial charge in [-0.3, -0.25) is 4.31 Å². The Morgan fingerprint density at radius 1 is 1.25 bits per heavy atom. The van der Waals surface area contributed by atoms with E-state index in [0.29, 0.717) is 8.78 Å². The molecule has 2 rings (SSSR count). The molecule has 5 nitrogen and oxygen atoms in total. The van der Waals surface area contributed by atoms with Gasteiger partial charge in [-0.15, -0.1) is 0 Å². The van der Waals surface area contributed by atoms with Crippen LogP contribution in [-0.2, 0) is 14.8 Å². The van der Waals surface area contributed by atoms with E-state index in [1.54, 1.807) is 0 Å². The van der Waals surface area contributed by atoms with Gasteiger partial charge in [0, 0.05) is 4.47 Å². The molecule has 0 bridgehead atoms. The SMILES string of the molecule is CC(C(=O)O)N(c1ccc(F)c(Cl)c1)S(=O)(=O)c1ccc(Br)cc1. The number of sulfonamides is 1. The summed E-state index contributed by atoms with van der Waals surface area (Å²) in [6.45, 7) is 1.22. The fourth-order valence-corrected chi connectivity index (χ4v) is 4.06. The van der Waals surface area contributed by atoms with E-state index in [4.69, 9.17) is 11.6 Å². The largest absolute Gasteiger partial charge is 0.480 e. The summed E-state index contributed by atoms with van der Waals surface area (Å²) < 4.78 is 40.5. The Morgan fingerprint density at radius 3 is 2.33 bits per heavy atom. The molecule has 0 aliphatic rings. The second-order valence-corrected chi connectivity index (χ2v) is 8.01. The van der Waals surface area contributed by atoms with E-state index in [1.165, 1.54) is 31.2 Å². The summed E-state index contributed by atoms with van der Waals surface area (Å²) >= 11 is 8.91. The normalized spacial score (nSPS) is 12.7. The van der Waals surface area contributed by atoms with Crippen LogP contribution in [0.3, 0.4) is 0 Å². The molecule has 0 amide bonds. The lowest BCUT2D eigenvalue weighted by atomic mass is 10.2. The van der Waals surface area contributed by atoms with Crippen molar-refractivity contribution < 1.29 is 22.7 Å². The number of benzene rings is 2. The van der Waals surface area contributed by atoms with Crippen LogP contribution < -0.4 is 4.31 Å². The Morgan fingerprint density at radius 2 is 1.83 bits per heavy atom. The number of anilines is 1. The molecular weight excluding hydrogens is 425 g/mol. The molecule has 1 N–H and O–H groups in total. The van der Waals surface area contributed by atoms with Crippen molar-refractivity contribution in [3.05, 3.63) is 57.8 Å². The minimum absolute atomic E-state index is 0.0424. The second kappa shape index (κ2) is 7.08. The van der Waals surface area contributed by atoms with Crippen molar-refractivity contribution in [2.75, 3.05) is 4.31 Å². The maximum absolute atomic E-state index is 13.4. The minimum atomic E-state index is -4.19. The molecule has 0 heterocycles. The summed E-state index contributed by atoms with van der Waals surface area (Å²) in [6.07, 6.45) is 0. The number of aliphatic carboxylic acids is 1. The summed E-state index contributed by atoms with van der Waals surface area (Å²) in [5, 5.41) is 8.97. The number of carboxylic acid groups (broad SMARTS) is 1. The third kappa shape index (κ3) is 3.71. The molecule has 9 heteroatoms. The van der Waals surface area contributed by atoms with Gasteiger partial charge in [-0.2, -0.15) is 0 Å². The lowest BCUT2D eigenvalue weighted by Crippen LogP contribution is -2.43. The Kier molecular flexibility index (Phi) is 5.52. The average molecular weight is 437 g/mol. The van der Waals surface area contributed by atoms with Crippen molar-refractivity contribution in [1.29, 1.82) is 0 Å². The van der Waals surface area contributed by atoms with Crippen LogP contribution in [0.5, 0.6) is 0 Å². The van der Waals surface area contributed by atoms with Crippen LogP contribution in [0.25, 0.3) is 0 Å². The second-order valence-electron chi connectivity index (χ2n) is 4.87. The van der Waals surface area contributed by atoms with Crippen LogP contribution in [0.1, 0.15) is 6.92 Å². The van der Waals surface area contributed by atoms with Gasteiger partial charge in [-0.05, 0) is 49.4 Å². The lowest BCUT2D eigenvalue weighted by Gasteiger charge is -2.28. The zero-order chi connectivity index (χ0) is 18.1. The van der Waals surface area contributed by atoms with Gasteiger partial charge in [0.05, 0.1) is 15.6 Å². The van der Waals surface area contributed by atoms with Gasteiger partial charge < -0.3 is 5.11 Å². The molecule has 2 aromatic rings. The summed E-state index contributed by atoms with van der Waals surface area (Å²) in [6, 6.07) is 7.53. The first kappa shape index (κ1) is 18.7. The fraction of sp³-hybridized carbons (Fsp3) is 0.133. The molecule has 24 heavy (non-hydrogen) atoms. The standard InChI is InChI=1S/C15H12BrClFNO4S/c1-9(15(20)21)19(11-4-7-14(18)13(17)8-11)24(22,23)12-5-2-10(16)3-6-12/h2-9H,1H3,(H,20,21). The summed E-state index contributed by atoms with van der Waals surface area (Å²) in [5.41, 5.74) is -0.0424. The highest BCUT2D eigenvalue weighted by atomic mass is 79.9. The maximum Gasteiger partial charge on any atom is 0.327 e. The topological polar surface area (TPSA) is 74.7 Å². The first-order chi connectivity index (χ1) is 11.1. The number of nitrogens with zero attached hydrogens (tertiary/aromatic N) is 1. The van der Waals surface area contributed by atoms with Gasteiger partial charge >= 0.3 is 5.97 Å². The van der Waals surface area contributed by atoms with E-state index < -0.39 is 27.9 Å². The van der Waals surface area contributed by atoms with Crippen LogP contribution >= 0.6 is 27.5 Å². The van der Waals surface area contributed by atoms with Gasteiger partial charge in [-0.25, -0.2) is 17.6 Å². The van der Waals surface area contributed by atoms with Crippen LogP contribution in [0.2, 0.25) is 5.02 Å². The highest BCUT2D eigenvalue weighted by Crippen LogP contribution is 2.30. The molecule has 0 saturated heterocycles. The van der Waals surface area contributed by atoms with Crippen molar-refractivity contribution in [2.45, 2.75) is 17.9 Å². The molecule has 1 unspecified atom stereocenters. The lowest BCUT2D eigenvalue weighted by molar-refractivity contribution is -0.137. The zero-order valence-corrected chi connectivity index (χ0v) is 15.4. The Balaban J connectivity index is 2.63. The van der Waals surface area contributed by atoms with Crippen molar-refractivity contribution >= 4 is 49.2 Å². The monoisotopic (exact) mass is 435 g/mol. The van der Waals surface area contributed by atoms with Crippen molar-refractivity contribution in [1.82, 2.24) is 0 Å². The molecule has 0 aliphatic carbocycles. The Hall–Kier alpha value is -1.64. The van der Waals surface area contributed by atoms with Gasteiger partial charge in [0.2, 0.25) is 0 Å². The van der Waals surface area contributed by atoms with Gasteiger partial charge in [0.1, 0.15) is 11.9 Å². The van der Waals surface area contributed by atoms with Crippen molar-refractivity contribution in [3.8, 4) is 0 Å². The number of halogens is 3. The molecule has 0 spiro atoms. The smallest absolute Gasteiger partial charge is 0.327 e. The van der Waals surface area contributed by atoms with Crippen LogP contribution in [0.15, 0.2) is 51.8 Å². The van der Waals surface area contributed by atoms with Crippen molar-refractivity contribution in [2.24, 2.45) is 0 Å². The zero-order valence-electron chi connectivity index (χ0n) is 12.3. The van der Waals surface area contributed by atoms with Crippen LogP contribution in [-0.4, -0.2) is 25.5 Å². The first-order valence-corrected chi connectivity index (χ1v) is 9.23. The molecule has 128 valence electrons. The Labute approximate surface area is 151 Å². The summed E-state index contributed by atoms with van der Waals surface area (Å²) in [7, 11) is -4.19. The fourth-order valence-electron chi connectivity index (χ4n) is 2.01. The van der Waals surface area contributed by atoms with E-state index in [1.807, 2.05) is 0 Å². The van der Waals surface area contributed by atoms with Gasteiger partial charge in [0.25, 0.3) is 10.0 Å². The quantitative estimate of drug-likeness (QED) is 0.771. The highest BCUT2D eigenvalue weighted by molar-refractivity contribution is 9.10. The van der Waals surface area contributed by atoms with Crippen molar-refractivity contribution in [3.63, 3.8) is 0 Å². The maximum atomic E-state index is 13.4. The van der Waals surface area contributed by atoms with Crippen LogP contribution in [0.4, 0.5) is 10.1 Å². The molecule has 0 fully saturated rings. The van der Waals surface area contributed by atoms with Gasteiger partial charge in [-0.1, -0.05) is 27.5 Å². The average Bonchev–Trinajstić information content (AvgIpc) is 2.51. The molecule has 0 aromatic heterocycles. The van der Waals surface area contributed by atoms with E-state index >= 15 is 0 Å². The van der Waals surface area contributed by atoms with Gasteiger partial charge in [0.15, 0.2) is 0 Å². The summed E-state index contributed by atoms with van der Waals surface area (Å²) in [5.74, 6) is -2.08. The molecule has 1 atom stereocenters. The molecule has 0 radical (unpaired) electrons. The number of carboxylic acids is 1. The van der Waals surface area contributed by atoms with E-state index in [9.17, 15) is 22.7 Å². The highest BCUT2D eigenvalue weighted by Gasteiger charge is 2.33.